The number of carbonyl (C=O) groups excluding carboxylic acids is 1. The van der Waals surface area contributed by atoms with Crippen LogP contribution in [0.4, 0.5) is 5.69 Å². The molecule has 0 aliphatic carbocycles. The quantitative estimate of drug-likeness (QED) is 0.525. The van der Waals surface area contributed by atoms with E-state index < -0.39 is 15.9 Å². The Morgan fingerprint density at radius 1 is 0.971 bits per heavy atom. The van der Waals surface area contributed by atoms with E-state index in [1.807, 2.05) is 44.2 Å². The van der Waals surface area contributed by atoms with Crippen LogP contribution in [0.5, 0.6) is 11.5 Å². The van der Waals surface area contributed by atoms with E-state index in [0.29, 0.717) is 36.8 Å². The topological polar surface area (TPSA) is 84.9 Å². The first-order chi connectivity index (χ1) is 16.4. The van der Waals surface area contributed by atoms with Gasteiger partial charge in [-0.15, -0.1) is 0 Å². The van der Waals surface area contributed by atoms with Crippen LogP contribution in [-0.2, 0) is 21.2 Å². The number of carbonyl (C=O) groups is 1. The molecule has 8 heteroatoms. The third-order valence-electron chi connectivity index (χ3n) is 5.70. The van der Waals surface area contributed by atoms with Crippen LogP contribution in [0.1, 0.15) is 31.0 Å². The molecule has 0 bridgehead atoms. The van der Waals surface area contributed by atoms with Gasteiger partial charge in [-0.2, -0.15) is 0 Å². The maximum absolute atomic E-state index is 13.6. The zero-order valence-electron chi connectivity index (χ0n) is 19.2. The maximum Gasteiger partial charge on any atom is 0.264 e. The molecular weight excluding hydrogens is 452 g/mol. The van der Waals surface area contributed by atoms with Crippen molar-refractivity contribution in [2.24, 2.45) is 0 Å². The van der Waals surface area contributed by atoms with Gasteiger partial charge >= 0.3 is 0 Å². The number of hydrogen-bond acceptors (Lipinski definition) is 5. The van der Waals surface area contributed by atoms with Crippen molar-refractivity contribution in [3.8, 4) is 11.5 Å². The normalized spacial score (nSPS) is 13.7. The maximum atomic E-state index is 13.6. The van der Waals surface area contributed by atoms with E-state index >= 15 is 0 Å². The summed E-state index contributed by atoms with van der Waals surface area (Å²) in [6.45, 7) is 4.43. The highest BCUT2D eigenvalue weighted by Crippen LogP contribution is 2.33. The van der Waals surface area contributed by atoms with Crippen LogP contribution in [0.15, 0.2) is 77.7 Å². The summed E-state index contributed by atoms with van der Waals surface area (Å²) in [6, 6.07) is 20.6. The van der Waals surface area contributed by atoms with Gasteiger partial charge in [0.25, 0.3) is 10.0 Å². The Morgan fingerprint density at radius 2 is 1.65 bits per heavy atom. The number of benzene rings is 3. The fourth-order valence-corrected chi connectivity index (χ4v) is 5.38. The van der Waals surface area contributed by atoms with Crippen molar-refractivity contribution in [2.75, 3.05) is 24.1 Å². The lowest BCUT2D eigenvalue weighted by Crippen LogP contribution is -2.42. The average Bonchev–Trinajstić information content (AvgIpc) is 2.87. The lowest BCUT2D eigenvalue weighted by Gasteiger charge is -2.27. The van der Waals surface area contributed by atoms with Crippen molar-refractivity contribution >= 4 is 21.6 Å². The zero-order chi connectivity index (χ0) is 24.1. The third kappa shape index (κ3) is 5.02. The Labute approximate surface area is 200 Å². The second-order valence-corrected chi connectivity index (χ2v) is 9.86. The number of amides is 1. The number of nitrogens with one attached hydrogen (secondary N) is 1. The Morgan fingerprint density at radius 3 is 2.38 bits per heavy atom. The van der Waals surface area contributed by atoms with E-state index in [9.17, 15) is 13.2 Å². The minimum Gasteiger partial charge on any atom is -0.486 e. The van der Waals surface area contributed by atoms with Crippen molar-refractivity contribution in [1.29, 1.82) is 0 Å². The molecule has 1 aliphatic rings. The minimum atomic E-state index is -3.96. The van der Waals surface area contributed by atoms with E-state index in [0.717, 1.165) is 11.1 Å². The molecule has 178 valence electrons. The van der Waals surface area contributed by atoms with Crippen molar-refractivity contribution in [1.82, 2.24) is 5.32 Å². The lowest BCUT2D eigenvalue weighted by molar-refractivity contribution is -0.120. The number of nitrogens with zero attached hydrogens (tertiary/aromatic N) is 1. The van der Waals surface area contributed by atoms with Crippen LogP contribution in [0.2, 0.25) is 0 Å². The first-order valence-electron chi connectivity index (χ1n) is 11.2. The molecule has 0 saturated carbocycles. The second-order valence-electron chi connectivity index (χ2n) is 8.00. The molecule has 3 aromatic rings. The van der Waals surface area contributed by atoms with Gasteiger partial charge in [-0.25, -0.2) is 8.42 Å². The summed E-state index contributed by atoms with van der Waals surface area (Å²) in [5.74, 6) is 0.896. The van der Waals surface area contributed by atoms with Crippen molar-refractivity contribution in [2.45, 2.75) is 31.2 Å². The van der Waals surface area contributed by atoms with Crippen molar-refractivity contribution in [3.05, 3.63) is 83.9 Å². The molecule has 0 saturated heterocycles. The molecule has 4 rings (SSSR count). The molecule has 0 fully saturated rings. The smallest absolute Gasteiger partial charge is 0.264 e. The lowest BCUT2D eigenvalue weighted by atomic mass is 10.1. The van der Waals surface area contributed by atoms with Crippen LogP contribution in [0.3, 0.4) is 0 Å². The summed E-state index contributed by atoms with van der Waals surface area (Å²) in [5, 5.41) is 2.92. The highest BCUT2D eigenvalue weighted by atomic mass is 32.2. The van der Waals surface area contributed by atoms with Gasteiger partial charge < -0.3 is 14.8 Å². The Kier molecular flexibility index (Phi) is 7.07. The standard InChI is InChI=1S/C26H28N2O5S/c1-3-20-9-7-8-12-23(20)28(34(30,31)22-10-5-4-6-11-22)18-26(29)27-19(2)21-13-14-24-25(17-21)33-16-15-32-24/h4-14,17,19H,3,15-16,18H2,1-2H3,(H,27,29)/t19-/m1/s1. The summed E-state index contributed by atoms with van der Waals surface area (Å²) < 4.78 is 39.5. The molecule has 0 unspecified atom stereocenters. The number of hydrogen-bond donors (Lipinski definition) is 1. The molecule has 1 aliphatic heterocycles. The summed E-state index contributed by atoms with van der Waals surface area (Å²) in [4.78, 5) is 13.2. The number of rotatable bonds is 8. The molecule has 0 radical (unpaired) electrons. The molecule has 7 nitrogen and oxygen atoms in total. The number of anilines is 1. The highest BCUT2D eigenvalue weighted by molar-refractivity contribution is 7.92. The number of fused-ring (bicyclic) bond motifs is 1. The molecule has 1 N–H and O–H groups in total. The Hall–Kier alpha value is -3.52. The highest BCUT2D eigenvalue weighted by Gasteiger charge is 2.29. The van der Waals surface area contributed by atoms with E-state index in [1.165, 1.54) is 16.4 Å². The average molecular weight is 481 g/mol. The van der Waals surface area contributed by atoms with Crippen molar-refractivity contribution in [3.63, 3.8) is 0 Å². The van der Waals surface area contributed by atoms with Crippen LogP contribution >= 0.6 is 0 Å². The predicted octanol–water partition coefficient (Wildman–Crippen LogP) is 4.09. The molecule has 1 atom stereocenters. The van der Waals surface area contributed by atoms with Crippen molar-refractivity contribution < 1.29 is 22.7 Å². The van der Waals surface area contributed by atoms with E-state index in [1.54, 1.807) is 30.3 Å². The monoisotopic (exact) mass is 480 g/mol. The fourth-order valence-electron chi connectivity index (χ4n) is 3.90. The van der Waals surface area contributed by atoms with Gasteiger partial charge in [-0.1, -0.05) is 49.4 Å². The van der Waals surface area contributed by atoms with Crippen LogP contribution < -0.4 is 19.1 Å². The molecule has 3 aromatic carbocycles. The Bertz CT molecular complexity index is 1260. The summed E-state index contributed by atoms with van der Waals surface area (Å²) in [7, 11) is -3.96. The van der Waals surface area contributed by atoms with Crippen LogP contribution in [0.25, 0.3) is 0 Å². The molecule has 0 spiro atoms. The zero-order valence-corrected chi connectivity index (χ0v) is 20.0. The number of para-hydroxylation sites is 1. The van der Waals surface area contributed by atoms with E-state index in [2.05, 4.69) is 5.32 Å². The SMILES string of the molecule is CCc1ccccc1N(CC(=O)N[C@H](C)c1ccc2c(c1)OCCO2)S(=O)(=O)c1ccccc1. The largest absolute Gasteiger partial charge is 0.486 e. The minimum absolute atomic E-state index is 0.133. The number of ether oxygens (including phenoxy) is 2. The molecule has 0 aromatic heterocycles. The number of aryl methyl sites for hydroxylation is 1. The van der Waals surface area contributed by atoms with Gasteiger partial charge in [-0.05, 0) is 54.8 Å². The first kappa shape index (κ1) is 23.6. The molecular formula is C26H28N2O5S. The Balaban J connectivity index is 1.59. The third-order valence-corrected chi connectivity index (χ3v) is 7.48. The number of sulfonamides is 1. The summed E-state index contributed by atoms with van der Waals surface area (Å²) in [5.41, 5.74) is 2.18. The molecule has 1 amide bonds. The molecule has 34 heavy (non-hydrogen) atoms. The van der Waals surface area contributed by atoms with Crippen LogP contribution in [0, 0.1) is 0 Å². The predicted molar refractivity (Wildman–Crippen MR) is 131 cm³/mol. The van der Waals surface area contributed by atoms with Gasteiger partial charge in [0.2, 0.25) is 5.91 Å². The van der Waals surface area contributed by atoms with E-state index in [4.69, 9.17) is 9.47 Å². The van der Waals surface area contributed by atoms with Gasteiger partial charge in [0, 0.05) is 0 Å². The summed E-state index contributed by atoms with van der Waals surface area (Å²) >= 11 is 0. The first-order valence-corrected chi connectivity index (χ1v) is 12.7. The van der Waals surface area contributed by atoms with Gasteiger partial charge in [0.1, 0.15) is 19.8 Å². The summed E-state index contributed by atoms with van der Waals surface area (Å²) in [6.07, 6.45) is 0.631. The van der Waals surface area contributed by atoms with E-state index in [-0.39, 0.29) is 17.5 Å². The van der Waals surface area contributed by atoms with Crippen LogP contribution in [-0.4, -0.2) is 34.1 Å². The van der Waals surface area contributed by atoms with Gasteiger partial charge in [0.15, 0.2) is 11.5 Å². The van der Waals surface area contributed by atoms with Gasteiger partial charge in [-0.3, -0.25) is 9.10 Å². The second kappa shape index (κ2) is 10.2. The van der Waals surface area contributed by atoms with Gasteiger partial charge in [0.05, 0.1) is 16.6 Å². The molecule has 1 heterocycles. The fraction of sp³-hybridized carbons (Fsp3) is 0.269.